The van der Waals surface area contributed by atoms with E-state index in [1.165, 1.54) is 38.5 Å². The van der Waals surface area contributed by atoms with Crippen molar-refractivity contribution >= 4 is 28.5 Å². The molecule has 2 saturated carbocycles. The molecule has 0 unspecified atom stereocenters. The van der Waals surface area contributed by atoms with Crippen LogP contribution in [0, 0.1) is 24.0 Å². The van der Waals surface area contributed by atoms with Crippen LogP contribution in [0.25, 0.3) is 11.0 Å². The van der Waals surface area contributed by atoms with Gasteiger partial charge in [0, 0.05) is 34.9 Å². The Kier molecular flexibility index (Phi) is 7.61. The van der Waals surface area contributed by atoms with Gasteiger partial charge in [-0.3, -0.25) is 9.59 Å². The molecule has 32 heavy (non-hydrogen) atoms. The molecule has 3 aliphatic rings. The van der Waals surface area contributed by atoms with E-state index in [9.17, 15) is 9.59 Å². The van der Waals surface area contributed by atoms with E-state index >= 15 is 0 Å². The Morgan fingerprint density at radius 3 is 2.44 bits per heavy atom. The first-order valence-corrected chi connectivity index (χ1v) is 12.2. The van der Waals surface area contributed by atoms with Gasteiger partial charge in [-0.05, 0) is 49.0 Å². The van der Waals surface area contributed by atoms with E-state index in [1.54, 1.807) is 6.07 Å². The van der Waals surface area contributed by atoms with Crippen LogP contribution in [0.1, 0.15) is 70.6 Å². The van der Waals surface area contributed by atoms with Crippen LogP contribution in [0.15, 0.2) is 28.7 Å². The summed E-state index contributed by atoms with van der Waals surface area (Å²) in [6.45, 7) is 0.727. The van der Waals surface area contributed by atoms with Crippen molar-refractivity contribution in [1.29, 1.82) is 0 Å². The zero-order valence-electron chi connectivity index (χ0n) is 18.6. The standard InChI is InChI=1S/C26H33N2O3.Co/c29-25(27-21-11-12-23-20(17-21)14-16-31-23)24-22(18-7-3-1-4-8-18)13-15-28(24)26(30)19-9-5-2-6-10-19;/h11-12,14,17-19,22,24H,1-10,13,15H2,(H,27,29);/q-1;/t22-,24-;/m0./s1. The molecule has 1 aromatic heterocycles. The van der Waals surface area contributed by atoms with Crippen LogP contribution in [-0.4, -0.2) is 29.3 Å². The van der Waals surface area contributed by atoms with E-state index in [-0.39, 0.29) is 46.5 Å². The smallest absolute Gasteiger partial charge is 0.247 e. The second-order valence-corrected chi connectivity index (χ2v) is 9.77. The molecule has 1 radical (unpaired) electrons. The maximum absolute atomic E-state index is 13.6. The minimum atomic E-state index is -0.343. The second-order valence-electron chi connectivity index (χ2n) is 9.77. The predicted octanol–water partition coefficient (Wildman–Crippen LogP) is 5.55. The zero-order chi connectivity index (χ0) is 21.2. The Morgan fingerprint density at radius 2 is 1.69 bits per heavy atom. The van der Waals surface area contributed by atoms with Gasteiger partial charge < -0.3 is 14.6 Å². The van der Waals surface area contributed by atoms with Gasteiger partial charge in [-0.25, -0.2) is 0 Å². The monoisotopic (exact) mass is 480 g/mol. The minimum absolute atomic E-state index is 0. The van der Waals surface area contributed by atoms with Crippen molar-refractivity contribution in [3.05, 3.63) is 30.5 Å². The number of likely N-dealkylation sites (tertiary alicyclic amines) is 1. The van der Waals surface area contributed by atoms with E-state index in [2.05, 4.69) is 11.6 Å². The number of fused-ring (bicyclic) bond motifs is 1. The molecule has 5 rings (SSSR count). The van der Waals surface area contributed by atoms with Gasteiger partial charge in [0.1, 0.15) is 6.04 Å². The van der Waals surface area contributed by atoms with Crippen LogP contribution in [0.5, 0.6) is 0 Å². The predicted molar refractivity (Wildman–Crippen MR) is 120 cm³/mol. The normalized spacial score (nSPS) is 24.9. The van der Waals surface area contributed by atoms with E-state index in [0.29, 0.717) is 5.92 Å². The second kappa shape index (κ2) is 10.4. The van der Waals surface area contributed by atoms with Gasteiger partial charge in [-0.1, -0.05) is 63.5 Å². The van der Waals surface area contributed by atoms with Crippen LogP contribution in [0.3, 0.4) is 0 Å². The van der Waals surface area contributed by atoms with Gasteiger partial charge in [0.2, 0.25) is 11.8 Å². The maximum atomic E-state index is 13.6. The van der Waals surface area contributed by atoms with Crippen LogP contribution in [-0.2, 0) is 26.4 Å². The van der Waals surface area contributed by atoms with Crippen LogP contribution in [0.4, 0.5) is 5.69 Å². The molecule has 0 bridgehead atoms. The molecule has 1 N–H and O–H groups in total. The van der Waals surface area contributed by atoms with Crippen molar-refractivity contribution in [2.24, 2.45) is 17.8 Å². The molecule has 0 spiro atoms. The summed E-state index contributed by atoms with van der Waals surface area (Å²) in [5, 5.41) is 4.05. The summed E-state index contributed by atoms with van der Waals surface area (Å²) in [6.07, 6.45) is 15.3. The van der Waals surface area contributed by atoms with Gasteiger partial charge in [0.15, 0.2) is 0 Å². The Hall–Kier alpha value is -1.79. The number of benzene rings is 1. The van der Waals surface area contributed by atoms with Crippen molar-refractivity contribution in [3.8, 4) is 0 Å². The molecule has 2 aliphatic carbocycles. The van der Waals surface area contributed by atoms with Crippen molar-refractivity contribution in [2.45, 2.75) is 76.7 Å². The molecule has 2 aromatic rings. The number of carbonyl (C=O) groups is 2. The Balaban J connectivity index is 0.00000245. The van der Waals surface area contributed by atoms with Crippen molar-refractivity contribution < 1.29 is 30.8 Å². The van der Waals surface area contributed by atoms with Gasteiger partial charge in [-0.15, -0.1) is 11.5 Å². The third-order valence-electron chi connectivity index (χ3n) is 7.87. The van der Waals surface area contributed by atoms with Gasteiger partial charge in [0.25, 0.3) is 0 Å². The summed E-state index contributed by atoms with van der Waals surface area (Å²) < 4.78 is 5.30. The Bertz CT molecular complexity index is 930. The molecular formula is C26H33CoN2O3-. The Morgan fingerprint density at radius 1 is 0.969 bits per heavy atom. The molecule has 2 atom stereocenters. The molecule has 175 valence electrons. The molecule has 2 heterocycles. The summed E-state index contributed by atoms with van der Waals surface area (Å²) in [5.74, 6) is 1.13. The van der Waals surface area contributed by atoms with E-state index in [4.69, 9.17) is 4.42 Å². The van der Waals surface area contributed by atoms with Crippen molar-refractivity contribution in [2.75, 3.05) is 11.9 Å². The van der Waals surface area contributed by atoms with Crippen molar-refractivity contribution in [3.63, 3.8) is 0 Å². The average Bonchev–Trinajstić information content (AvgIpc) is 3.46. The molecule has 5 nitrogen and oxygen atoms in total. The molecule has 2 amide bonds. The summed E-state index contributed by atoms with van der Waals surface area (Å²) >= 11 is 0. The molecule has 1 aliphatic heterocycles. The first-order chi connectivity index (χ1) is 15.2. The maximum Gasteiger partial charge on any atom is 0.247 e. The number of nitrogens with zero attached hydrogens (tertiary/aromatic N) is 1. The first kappa shape index (κ1) is 23.4. The SMILES string of the molecule is O=C(Nc1ccc2o[c-]cc2c1)[C@@H]1[C@H](C2CCCCC2)CCN1C(=O)C1CCCCC1.[Co]. The fourth-order valence-corrected chi connectivity index (χ4v) is 6.24. The molecule has 3 fully saturated rings. The van der Waals surface area contributed by atoms with Crippen LogP contribution >= 0.6 is 0 Å². The molecule has 1 aromatic carbocycles. The van der Waals surface area contributed by atoms with Gasteiger partial charge in [0.05, 0.1) is 0 Å². The number of nitrogens with one attached hydrogen (secondary N) is 1. The average molecular weight is 480 g/mol. The number of carbonyl (C=O) groups excluding carboxylic acids is 2. The Labute approximate surface area is 200 Å². The number of hydrogen-bond acceptors (Lipinski definition) is 3. The third-order valence-corrected chi connectivity index (χ3v) is 7.87. The number of amides is 2. The topological polar surface area (TPSA) is 62.6 Å². The molecule has 1 saturated heterocycles. The number of hydrogen-bond donors (Lipinski definition) is 1. The van der Waals surface area contributed by atoms with Crippen LogP contribution < -0.4 is 5.32 Å². The van der Waals surface area contributed by atoms with Crippen LogP contribution in [0.2, 0.25) is 0 Å². The van der Waals surface area contributed by atoms with Gasteiger partial charge in [-0.2, -0.15) is 0 Å². The van der Waals surface area contributed by atoms with Gasteiger partial charge >= 0.3 is 0 Å². The number of rotatable bonds is 4. The summed E-state index contributed by atoms with van der Waals surface area (Å²) in [6, 6.07) is 7.09. The minimum Gasteiger partial charge on any atom is -0.591 e. The number of anilines is 1. The van der Waals surface area contributed by atoms with Crippen molar-refractivity contribution in [1.82, 2.24) is 4.90 Å². The van der Waals surface area contributed by atoms with E-state index < -0.39 is 0 Å². The molecule has 6 heteroatoms. The fraction of sp³-hybridized carbons (Fsp3) is 0.615. The number of furan rings is 1. The largest absolute Gasteiger partial charge is 0.591 e. The summed E-state index contributed by atoms with van der Waals surface area (Å²) in [5.41, 5.74) is 1.51. The fourth-order valence-electron chi connectivity index (χ4n) is 6.24. The zero-order valence-corrected chi connectivity index (χ0v) is 19.7. The third kappa shape index (κ3) is 4.76. The first-order valence-electron chi connectivity index (χ1n) is 12.2. The van der Waals surface area contributed by atoms with E-state index in [0.717, 1.165) is 55.3 Å². The summed E-state index contributed by atoms with van der Waals surface area (Å²) in [4.78, 5) is 29.0. The quantitative estimate of drug-likeness (QED) is 0.584. The molecular weight excluding hydrogens is 447 g/mol. The van der Waals surface area contributed by atoms with E-state index in [1.807, 2.05) is 23.1 Å². The summed E-state index contributed by atoms with van der Waals surface area (Å²) in [7, 11) is 0.